The molecule has 0 bridgehead atoms. The smallest absolute Gasteiger partial charge is 0.387 e. The molecule has 0 unspecified atom stereocenters. The second-order valence-corrected chi connectivity index (χ2v) is 4.69. The van der Waals surface area contributed by atoms with Crippen LogP contribution in [0, 0.1) is 5.82 Å². The molecule has 0 heterocycles. The first-order chi connectivity index (χ1) is 9.49. The van der Waals surface area contributed by atoms with Gasteiger partial charge in [-0.25, -0.2) is 4.39 Å². The molecule has 0 atom stereocenters. The topological polar surface area (TPSA) is 26.3 Å². The summed E-state index contributed by atoms with van der Waals surface area (Å²) in [5.41, 5.74) is 0.0884. The number of ether oxygens (including phenoxy) is 1. The van der Waals surface area contributed by atoms with Crippen LogP contribution in [0.25, 0.3) is 0 Å². The second kappa shape index (κ2) is 6.09. The highest BCUT2D eigenvalue weighted by molar-refractivity contribution is 9.10. The first-order valence-electron chi connectivity index (χ1n) is 5.52. The molecule has 2 aromatic carbocycles. The number of benzene rings is 2. The van der Waals surface area contributed by atoms with E-state index in [1.165, 1.54) is 36.4 Å². The zero-order valence-electron chi connectivity index (χ0n) is 9.95. The van der Waals surface area contributed by atoms with Gasteiger partial charge in [-0.2, -0.15) is 8.78 Å². The summed E-state index contributed by atoms with van der Waals surface area (Å²) >= 11 is 3.03. The summed E-state index contributed by atoms with van der Waals surface area (Å²) in [5, 5.41) is 0. The molecule has 0 aliphatic carbocycles. The van der Waals surface area contributed by atoms with E-state index in [4.69, 9.17) is 0 Å². The van der Waals surface area contributed by atoms with E-state index < -0.39 is 18.2 Å². The van der Waals surface area contributed by atoms with Crippen LogP contribution in [0.15, 0.2) is 46.9 Å². The maximum Gasteiger partial charge on any atom is 0.387 e. The molecule has 0 aliphatic rings. The van der Waals surface area contributed by atoms with E-state index in [1.807, 2.05) is 0 Å². The van der Waals surface area contributed by atoms with Gasteiger partial charge in [0.25, 0.3) is 0 Å². The van der Waals surface area contributed by atoms with Crippen LogP contribution in [0.3, 0.4) is 0 Å². The first kappa shape index (κ1) is 14.6. The summed E-state index contributed by atoms with van der Waals surface area (Å²) in [4.78, 5) is 12.1. The lowest BCUT2D eigenvalue weighted by atomic mass is 10.0. The van der Waals surface area contributed by atoms with Crippen LogP contribution >= 0.6 is 15.9 Å². The van der Waals surface area contributed by atoms with Crippen molar-refractivity contribution in [1.82, 2.24) is 0 Å². The Bertz CT molecular complexity index is 644. The first-order valence-corrected chi connectivity index (χ1v) is 6.32. The van der Waals surface area contributed by atoms with Crippen molar-refractivity contribution in [3.8, 4) is 5.75 Å². The number of hydrogen-bond acceptors (Lipinski definition) is 2. The van der Waals surface area contributed by atoms with Gasteiger partial charge in [0.1, 0.15) is 11.6 Å². The van der Waals surface area contributed by atoms with Gasteiger partial charge >= 0.3 is 6.61 Å². The fourth-order valence-electron chi connectivity index (χ4n) is 1.63. The fourth-order valence-corrected chi connectivity index (χ4v) is 2.11. The van der Waals surface area contributed by atoms with Crippen molar-refractivity contribution in [2.75, 3.05) is 0 Å². The molecule has 0 amide bonds. The number of ketones is 1. The molecule has 104 valence electrons. The predicted octanol–water partition coefficient (Wildman–Crippen LogP) is 4.42. The molecule has 0 aliphatic heterocycles. The predicted molar refractivity (Wildman–Crippen MR) is 70.6 cm³/mol. The van der Waals surface area contributed by atoms with Gasteiger partial charge in [0.15, 0.2) is 5.78 Å². The summed E-state index contributed by atoms with van der Waals surface area (Å²) < 4.78 is 42.2. The van der Waals surface area contributed by atoms with Gasteiger partial charge in [-0.05, 0) is 46.3 Å². The van der Waals surface area contributed by atoms with Crippen molar-refractivity contribution in [1.29, 1.82) is 0 Å². The molecule has 0 aromatic heterocycles. The molecule has 0 radical (unpaired) electrons. The zero-order valence-corrected chi connectivity index (χ0v) is 11.5. The quantitative estimate of drug-likeness (QED) is 0.767. The average molecular weight is 345 g/mol. The molecular formula is C14H8BrF3O2. The van der Waals surface area contributed by atoms with E-state index in [9.17, 15) is 18.0 Å². The van der Waals surface area contributed by atoms with Crippen LogP contribution in [0.2, 0.25) is 0 Å². The Hall–Kier alpha value is -1.82. The Labute approximate surface area is 121 Å². The van der Waals surface area contributed by atoms with Crippen molar-refractivity contribution in [3.63, 3.8) is 0 Å². The number of hydrogen-bond donors (Lipinski definition) is 0. The van der Waals surface area contributed by atoms with E-state index in [0.717, 1.165) is 0 Å². The maximum atomic E-state index is 13.5. The van der Waals surface area contributed by atoms with E-state index in [-0.39, 0.29) is 21.3 Å². The highest BCUT2D eigenvalue weighted by atomic mass is 79.9. The van der Waals surface area contributed by atoms with Gasteiger partial charge in [-0.15, -0.1) is 0 Å². The highest BCUT2D eigenvalue weighted by Crippen LogP contribution is 2.28. The Morgan fingerprint density at radius 3 is 2.45 bits per heavy atom. The third kappa shape index (κ3) is 3.19. The fraction of sp³-hybridized carbons (Fsp3) is 0.0714. The van der Waals surface area contributed by atoms with Crippen LogP contribution in [-0.2, 0) is 0 Å². The molecule has 20 heavy (non-hydrogen) atoms. The number of rotatable bonds is 4. The van der Waals surface area contributed by atoms with Crippen molar-refractivity contribution < 1.29 is 22.7 Å². The van der Waals surface area contributed by atoms with Gasteiger partial charge in [0, 0.05) is 5.56 Å². The summed E-state index contributed by atoms with van der Waals surface area (Å²) in [6.45, 7) is -2.96. The monoisotopic (exact) mass is 344 g/mol. The molecule has 0 N–H and O–H groups in total. The molecular weight excluding hydrogens is 337 g/mol. The molecule has 2 rings (SSSR count). The van der Waals surface area contributed by atoms with Gasteiger partial charge in [-0.3, -0.25) is 4.79 Å². The normalized spacial score (nSPS) is 10.7. The van der Waals surface area contributed by atoms with Gasteiger partial charge in [0.2, 0.25) is 0 Å². The van der Waals surface area contributed by atoms with Crippen LogP contribution in [0.4, 0.5) is 13.2 Å². The zero-order chi connectivity index (χ0) is 14.7. The summed E-state index contributed by atoms with van der Waals surface area (Å²) in [5.74, 6) is -1.26. The van der Waals surface area contributed by atoms with Gasteiger partial charge in [-0.1, -0.05) is 12.1 Å². The van der Waals surface area contributed by atoms with Crippen molar-refractivity contribution in [3.05, 3.63) is 63.9 Å². The maximum absolute atomic E-state index is 13.5. The third-order valence-electron chi connectivity index (χ3n) is 2.53. The summed E-state index contributed by atoms with van der Waals surface area (Å²) in [6.07, 6.45) is 0. The molecule has 2 nitrogen and oxygen atoms in total. The molecule has 0 fully saturated rings. The lowest BCUT2D eigenvalue weighted by molar-refractivity contribution is -0.0503. The number of halogens is 4. The van der Waals surface area contributed by atoms with Crippen LogP contribution < -0.4 is 4.74 Å². The minimum Gasteiger partial charge on any atom is -0.434 e. The number of alkyl halides is 2. The van der Waals surface area contributed by atoms with Crippen LogP contribution in [0.1, 0.15) is 15.9 Å². The van der Waals surface area contributed by atoms with Crippen LogP contribution in [-0.4, -0.2) is 12.4 Å². The Morgan fingerprint density at radius 2 is 1.85 bits per heavy atom. The van der Waals surface area contributed by atoms with E-state index in [0.29, 0.717) is 0 Å². The molecule has 0 spiro atoms. The number of carbonyl (C=O) groups excluding carboxylic acids is 1. The van der Waals surface area contributed by atoms with Gasteiger partial charge < -0.3 is 4.74 Å². The minimum absolute atomic E-state index is 0.0815. The molecule has 2 aromatic rings. The molecule has 0 saturated carbocycles. The number of carbonyl (C=O) groups is 1. The third-order valence-corrected chi connectivity index (χ3v) is 3.15. The van der Waals surface area contributed by atoms with E-state index in [2.05, 4.69) is 20.7 Å². The van der Waals surface area contributed by atoms with Crippen molar-refractivity contribution in [2.45, 2.75) is 6.61 Å². The highest BCUT2D eigenvalue weighted by Gasteiger charge is 2.16. The van der Waals surface area contributed by atoms with E-state index >= 15 is 0 Å². The van der Waals surface area contributed by atoms with Crippen LogP contribution in [0.5, 0.6) is 5.75 Å². The largest absolute Gasteiger partial charge is 0.434 e. The second-order valence-electron chi connectivity index (χ2n) is 3.83. The molecule has 0 saturated heterocycles. The standard InChI is InChI=1S/C14H8BrF3O2/c15-10-7-8(5-6-12(10)20-14(17)18)13(19)9-3-1-2-4-11(9)16/h1-7,14H. The minimum atomic E-state index is -2.96. The van der Waals surface area contributed by atoms with Gasteiger partial charge in [0.05, 0.1) is 10.0 Å². The lowest BCUT2D eigenvalue weighted by Gasteiger charge is -2.08. The van der Waals surface area contributed by atoms with Crippen molar-refractivity contribution >= 4 is 21.7 Å². The lowest BCUT2D eigenvalue weighted by Crippen LogP contribution is -2.06. The summed E-state index contributed by atoms with van der Waals surface area (Å²) in [7, 11) is 0. The molecule has 6 heteroatoms. The van der Waals surface area contributed by atoms with E-state index in [1.54, 1.807) is 6.07 Å². The SMILES string of the molecule is O=C(c1ccc(OC(F)F)c(Br)c1)c1ccccc1F. The Morgan fingerprint density at radius 1 is 1.15 bits per heavy atom. The summed E-state index contributed by atoms with van der Waals surface area (Å²) in [6, 6.07) is 9.39. The Balaban J connectivity index is 2.32. The average Bonchev–Trinajstić information content (AvgIpc) is 2.40. The Kier molecular flexibility index (Phi) is 4.44. The van der Waals surface area contributed by atoms with Crippen molar-refractivity contribution in [2.24, 2.45) is 0 Å².